The van der Waals surface area contributed by atoms with Gasteiger partial charge in [0, 0.05) is 43.2 Å². The standard InChI is InChI=1S/C19H25ClN2O4/c1-21(16-6-12-8-18(23)22(2)9-13(12)7-16)10-14-5-15(20)3-4-17(14)26-11-19(24)25/h3-5,12-13,16H,6-11H2,1-2H3,(H,24,25)/t12-,13+,16-/m1/s1. The summed E-state index contributed by atoms with van der Waals surface area (Å²) in [5, 5.41) is 9.44. The fourth-order valence-electron chi connectivity index (χ4n) is 4.20. The van der Waals surface area contributed by atoms with Crippen molar-refractivity contribution in [3.8, 4) is 5.75 Å². The number of aliphatic carboxylic acids is 1. The monoisotopic (exact) mass is 380 g/mol. The first-order chi connectivity index (χ1) is 12.3. The van der Waals surface area contributed by atoms with E-state index in [-0.39, 0.29) is 12.5 Å². The minimum atomic E-state index is -1.01. The molecule has 1 saturated heterocycles. The number of halogens is 1. The van der Waals surface area contributed by atoms with Crippen LogP contribution in [0.2, 0.25) is 5.02 Å². The van der Waals surface area contributed by atoms with E-state index in [0.717, 1.165) is 24.9 Å². The summed E-state index contributed by atoms with van der Waals surface area (Å²) in [6.07, 6.45) is 2.74. The Balaban J connectivity index is 1.66. The van der Waals surface area contributed by atoms with E-state index in [2.05, 4.69) is 11.9 Å². The van der Waals surface area contributed by atoms with Gasteiger partial charge in [-0.15, -0.1) is 0 Å². The van der Waals surface area contributed by atoms with E-state index in [1.54, 1.807) is 12.1 Å². The highest BCUT2D eigenvalue weighted by Crippen LogP contribution is 2.40. The predicted octanol–water partition coefficient (Wildman–Crippen LogP) is 2.49. The van der Waals surface area contributed by atoms with Crippen molar-refractivity contribution >= 4 is 23.5 Å². The van der Waals surface area contributed by atoms with Crippen LogP contribution in [0, 0.1) is 11.8 Å². The Morgan fingerprint density at radius 3 is 2.85 bits per heavy atom. The number of carboxylic acid groups (broad SMARTS) is 1. The molecule has 26 heavy (non-hydrogen) atoms. The molecule has 1 amide bonds. The molecular formula is C19H25ClN2O4. The summed E-state index contributed by atoms with van der Waals surface area (Å²) in [6.45, 7) is 1.10. The Bertz CT molecular complexity index is 696. The Kier molecular flexibility index (Phi) is 5.73. The van der Waals surface area contributed by atoms with Crippen LogP contribution in [0.25, 0.3) is 0 Å². The molecule has 3 atom stereocenters. The summed E-state index contributed by atoms with van der Waals surface area (Å²) in [5.41, 5.74) is 0.879. The first-order valence-corrected chi connectivity index (χ1v) is 9.28. The smallest absolute Gasteiger partial charge is 0.341 e. The first kappa shape index (κ1) is 19.0. The van der Waals surface area contributed by atoms with Crippen molar-refractivity contribution in [2.24, 2.45) is 11.8 Å². The normalized spacial score (nSPS) is 25.5. The molecule has 1 aliphatic heterocycles. The number of amides is 1. The van der Waals surface area contributed by atoms with Gasteiger partial charge in [0.1, 0.15) is 5.75 Å². The number of nitrogens with zero attached hydrogens (tertiary/aromatic N) is 2. The lowest BCUT2D eigenvalue weighted by atomic mass is 9.88. The number of hydrogen-bond acceptors (Lipinski definition) is 4. The predicted molar refractivity (Wildman–Crippen MR) is 98.3 cm³/mol. The zero-order valence-electron chi connectivity index (χ0n) is 15.2. The molecule has 3 rings (SSSR count). The topological polar surface area (TPSA) is 70.1 Å². The first-order valence-electron chi connectivity index (χ1n) is 8.90. The molecule has 1 N–H and O–H groups in total. The Morgan fingerprint density at radius 2 is 2.12 bits per heavy atom. The van der Waals surface area contributed by atoms with Gasteiger partial charge in [0.15, 0.2) is 6.61 Å². The molecule has 0 bridgehead atoms. The molecule has 142 valence electrons. The molecular weight excluding hydrogens is 356 g/mol. The minimum absolute atomic E-state index is 0.244. The number of ether oxygens (including phenoxy) is 1. The van der Waals surface area contributed by atoms with Crippen LogP contribution in [-0.4, -0.2) is 60.1 Å². The van der Waals surface area contributed by atoms with Gasteiger partial charge in [-0.25, -0.2) is 4.79 Å². The van der Waals surface area contributed by atoms with Crippen molar-refractivity contribution in [3.63, 3.8) is 0 Å². The molecule has 1 heterocycles. The maximum absolute atomic E-state index is 11.9. The van der Waals surface area contributed by atoms with E-state index in [0.29, 0.717) is 41.6 Å². The molecule has 1 aliphatic carbocycles. The number of likely N-dealkylation sites (tertiary alicyclic amines) is 1. The third kappa shape index (κ3) is 4.30. The van der Waals surface area contributed by atoms with Crippen LogP contribution in [-0.2, 0) is 16.1 Å². The Labute approximate surface area is 158 Å². The van der Waals surface area contributed by atoms with Crippen LogP contribution in [0.15, 0.2) is 18.2 Å². The van der Waals surface area contributed by atoms with Gasteiger partial charge in [-0.05, 0) is 49.9 Å². The maximum Gasteiger partial charge on any atom is 0.341 e. The number of carbonyl (C=O) groups excluding carboxylic acids is 1. The second-order valence-electron chi connectivity index (χ2n) is 7.47. The highest BCUT2D eigenvalue weighted by atomic mass is 35.5. The van der Waals surface area contributed by atoms with Gasteiger partial charge in [-0.3, -0.25) is 9.69 Å². The summed E-state index contributed by atoms with van der Waals surface area (Å²) in [5.74, 6) is 0.816. The maximum atomic E-state index is 11.9. The van der Waals surface area contributed by atoms with Crippen molar-refractivity contribution < 1.29 is 19.4 Å². The van der Waals surface area contributed by atoms with Gasteiger partial charge in [-0.1, -0.05) is 11.6 Å². The molecule has 7 heteroatoms. The second kappa shape index (κ2) is 7.84. The highest BCUT2D eigenvalue weighted by molar-refractivity contribution is 6.30. The van der Waals surface area contributed by atoms with Crippen LogP contribution in [0.4, 0.5) is 0 Å². The summed E-state index contributed by atoms with van der Waals surface area (Å²) < 4.78 is 5.40. The number of carbonyl (C=O) groups is 2. The van der Waals surface area contributed by atoms with Crippen LogP contribution in [0.3, 0.4) is 0 Å². The summed E-state index contributed by atoms with van der Waals surface area (Å²) in [4.78, 5) is 26.8. The lowest BCUT2D eigenvalue weighted by molar-refractivity contribution is -0.139. The quantitative estimate of drug-likeness (QED) is 0.821. The average molecular weight is 381 g/mol. The summed E-state index contributed by atoms with van der Waals surface area (Å²) in [6, 6.07) is 5.65. The largest absolute Gasteiger partial charge is 0.482 e. The van der Waals surface area contributed by atoms with E-state index < -0.39 is 5.97 Å². The highest BCUT2D eigenvalue weighted by Gasteiger charge is 2.41. The zero-order chi connectivity index (χ0) is 18.8. The number of piperidine rings is 1. The van der Waals surface area contributed by atoms with Gasteiger partial charge in [-0.2, -0.15) is 0 Å². The van der Waals surface area contributed by atoms with Crippen LogP contribution < -0.4 is 4.74 Å². The van der Waals surface area contributed by atoms with Crippen molar-refractivity contribution in [2.45, 2.75) is 31.8 Å². The van der Waals surface area contributed by atoms with Crippen molar-refractivity contribution in [2.75, 3.05) is 27.2 Å². The lowest BCUT2D eigenvalue weighted by Crippen LogP contribution is -2.39. The number of hydrogen-bond donors (Lipinski definition) is 1. The Hall–Kier alpha value is -1.79. The molecule has 0 unspecified atom stereocenters. The van der Waals surface area contributed by atoms with Gasteiger partial charge in [0.05, 0.1) is 0 Å². The minimum Gasteiger partial charge on any atom is -0.482 e. The van der Waals surface area contributed by atoms with E-state index in [9.17, 15) is 9.59 Å². The van der Waals surface area contributed by atoms with E-state index in [4.69, 9.17) is 21.4 Å². The van der Waals surface area contributed by atoms with Gasteiger partial charge in [0.25, 0.3) is 0 Å². The summed E-state index contributed by atoms with van der Waals surface area (Å²) >= 11 is 6.12. The Morgan fingerprint density at radius 1 is 1.38 bits per heavy atom. The molecule has 0 spiro atoms. The van der Waals surface area contributed by atoms with Crippen LogP contribution in [0.1, 0.15) is 24.8 Å². The molecule has 6 nitrogen and oxygen atoms in total. The van der Waals surface area contributed by atoms with E-state index >= 15 is 0 Å². The fraction of sp³-hybridized carbons (Fsp3) is 0.579. The van der Waals surface area contributed by atoms with Gasteiger partial charge >= 0.3 is 5.97 Å². The number of rotatable bonds is 6. The summed E-state index contributed by atoms with van der Waals surface area (Å²) in [7, 11) is 3.95. The van der Waals surface area contributed by atoms with Crippen LogP contribution in [0.5, 0.6) is 5.75 Å². The SMILES string of the molecule is CN1C[C@@H]2C[C@H](N(C)Cc3cc(Cl)ccc3OCC(=O)O)C[C@@H]2CC1=O. The number of benzene rings is 1. The fourth-order valence-corrected chi connectivity index (χ4v) is 4.39. The average Bonchev–Trinajstić information content (AvgIpc) is 2.97. The third-order valence-electron chi connectivity index (χ3n) is 5.60. The second-order valence-corrected chi connectivity index (χ2v) is 7.91. The molecule has 1 aromatic carbocycles. The lowest BCUT2D eigenvalue weighted by Gasteiger charge is -2.31. The van der Waals surface area contributed by atoms with Crippen molar-refractivity contribution in [1.82, 2.24) is 9.80 Å². The molecule has 0 aromatic heterocycles. The molecule has 2 aliphatic rings. The van der Waals surface area contributed by atoms with Gasteiger partial charge in [0.2, 0.25) is 5.91 Å². The zero-order valence-corrected chi connectivity index (χ0v) is 15.9. The third-order valence-corrected chi connectivity index (χ3v) is 5.84. The molecule has 1 saturated carbocycles. The van der Waals surface area contributed by atoms with Crippen LogP contribution >= 0.6 is 11.6 Å². The van der Waals surface area contributed by atoms with E-state index in [1.165, 1.54) is 0 Å². The van der Waals surface area contributed by atoms with Gasteiger partial charge < -0.3 is 14.7 Å². The van der Waals surface area contributed by atoms with Crippen molar-refractivity contribution in [1.29, 1.82) is 0 Å². The number of fused-ring (bicyclic) bond motifs is 1. The molecule has 2 fully saturated rings. The van der Waals surface area contributed by atoms with E-state index in [1.807, 2.05) is 18.0 Å². The number of carboxylic acids is 1. The van der Waals surface area contributed by atoms with Crippen molar-refractivity contribution in [3.05, 3.63) is 28.8 Å². The molecule has 0 radical (unpaired) electrons. The molecule has 1 aromatic rings.